The Bertz CT molecular complexity index is 997. The number of benzene rings is 1. The molecule has 1 aromatic carbocycles. The summed E-state index contributed by atoms with van der Waals surface area (Å²) in [6.07, 6.45) is 0. The molecule has 0 saturated carbocycles. The van der Waals surface area contributed by atoms with E-state index in [4.69, 9.17) is 16.4 Å². The van der Waals surface area contributed by atoms with Crippen LogP contribution in [0.1, 0.15) is 26.3 Å². The summed E-state index contributed by atoms with van der Waals surface area (Å²) in [7, 11) is 0. The molecule has 0 aliphatic carbocycles. The van der Waals surface area contributed by atoms with E-state index < -0.39 is 39.0 Å². The number of pyridine rings is 1. The minimum absolute atomic E-state index is 0.0774. The van der Waals surface area contributed by atoms with Crippen LogP contribution in [0.2, 0.25) is 5.02 Å². The number of rotatable bonds is 3. The maximum atomic E-state index is 14.6. The van der Waals surface area contributed by atoms with E-state index in [0.717, 1.165) is 4.57 Å². The third-order valence-corrected chi connectivity index (χ3v) is 6.12. The molecule has 0 fully saturated rings. The topological polar surface area (TPSA) is 43.6 Å². The summed E-state index contributed by atoms with van der Waals surface area (Å²) in [5.74, 6) is -3.33. The Kier molecular flexibility index (Phi) is 5.16. The average Bonchev–Trinajstić information content (AvgIpc) is 2.84. The van der Waals surface area contributed by atoms with Gasteiger partial charge in [0.1, 0.15) is 38.6 Å². The molecular weight excluding hydrogens is 449 g/mol. The lowest BCUT2D eigenvalue weighted by molar-refractivity contribution is 0.0164. The highest BCUT2D eigenvalue weighted by Gasteiger charge is 2.42. The molecule has 2 aromatic rings. The molecule has 27 heavy (non-hydrogen) atoms. The molecule has 4 nitrogen and oxygen atoms in total. The first-order valence-electron chi connectivity index (χ1n) is 8.07. The van der Waals surface area contributed by atoms with Crippen LogP contribution >= 0.6 is 27.5 Å². The van der Waals surface area contributed by atoms with E-state index in [2.05, 4.69) is 21.1 Å². The van der Waals surface area contributed by atoms with Gasteiger partial charge in [0.05, 0.1) is 11.3 Å². The summed E-state index contributed by atoms with van der Waals surface area (Å²) in [5, 5.41) is 3.89. The van der Waals surface area contributed by atoms with Gasteiger partial charge in [0.25, 0.3) is 5.56 Å². The van der Waals surface area contributed by atoms with E-state index in [1.54, 1.807) is 20.8 Å². The van der Waals surface area contributed by atoms with Crippen molar-refractivity contribution in [3.63, 3.8) is 0 Å². The van der Waals surface area contributed by atoms with Crippen molar-refractivity contribution >= 4 is 33.2 Å². The van der Waals surface area contributed by atoms with Crippen molar-refractivity contribution in [2.45, 2.75) is 37.7 Å². The van der Waals surface area contributed by atoms with E-state index in [-0.39, 0.29) is 22.8 Å². The highest BCUT2D eigenvalue weighted by atomic mass is 79.9. The average molecular weight is 464 g/mol. The molecule has 2 heterocycles. The lowest BCUT2D eigenvalue weighted by atomic mass is 9.93. The summed E-state index contributed by atoms with van der Waals surface area (Å²) in [6, 6.07) is 2.42. The Morgan fingerprint density at radius 1 is 1.26 bits per heavy atom. The van der Waals surface area contributed by atoms with Crippen molar-refractivity contribution < 1.29 is 18.0 Å². The minimum Gasteiger partial charge on any atom is -0.388 e. The maximum Gasteiger partial charge on any atom is 0.269 e. The van der Waals surface area contributed by atoms with Crippen LogP contribution in [0.4, 0.5) is 13.2 Å². The fraction of sp³-hybridized carbons (Fsp3) is 0.333. The van der Waals surface area contributed by atoms with Gasteiger partial charge < -0.3 is 9.40 Å². The zero-order valence-corrected chi connectivity index (χ0v) is 17.0. The monoisotopic (exact) mass is 462 g/mol. The van der Waals surface area contributed by atoms with Gasteiger partial charge >= 0.3 is 0 Å². The second-order valence-electron chi connectivity index (χ2n) is 6.58. The van der Waals surface area contributed by atoms with Gasteiger partial charge in [-0.15, -0.1) is 0 Å². The van der Waals surface area contributed by atoms with Gasteiger partial charge in [-0.2, -0.15) is 0 Å². The van der Waals surface area contributed by atoms with E-state index in [1.165, 1.54) is 6.07 Å². The van der Waals surface area contributed by atoms with Gasteiger partial charge in [-0.25, -0.2) is 13.2 Å². The van der Waals surface area contributed by atoms with Crippen LogP contribution in [0.15, 0.2) is 28.1 Å². The third kappa shape index (κ3) is 3.29. The largest absolute Gasteiger partial charge is 0.388 e. The summed E-state index contributed by atoms with van der Waals surface area (Å²) < 4.78 is 43.6. The molecular formula is C18H15BrClF3N2O2. The lowest BCUT2D eigenvalue weighted by Crippen LogP contribution is -2.34. The highest BCUT2D eigenvalue weighted by Crippen LogP contribution is 2.37. The molecule has 1 aliphatic rings. The summed E-state index contributed by atoms with van der Waals surface area (Å²) in [5.41, 5.74) is -1.42. The molecule has 0 amide bonds. The van der Waals surface area contributed by atoms with Gasteiger partial charge in [0, 0.05) is 24.2 Å². The molecule has 0 N–H and O–H groups in total. The van der Waals surface area contributed by atoms with Gasteiger partial charge in [-0.05, 0) is 26.8 Å². The summed E-state index contributed by atoms with van der Waals surface area (Å²) >= 11 is 9.54. The normalized spacial score (nSPS) is 18.4. The van der Waals surface area contributed by atoms with E-state index in [1.807, 2.05) is 0 Å². The van der Waals surface area contributed by atoms with Gasteiger partial charge in [-0.3, -0.25) is 4.79 Å². The number of halogens is 5. The zero-order valence-electron chi connectivity index (χ0n) is 14.6. The smallest absolute Gasteiger partial charge is 0.269 e. The predicted octanol–water partition coefficient (Wildman–Crippen LogP) is 4.88. The fourth-order valence-electron chi connectivity index (χ4n) is 2.94. The zero-order chi connectivity index (χ0) is 20.1. The van der Waals surface area contributed by atoms with Crippen molar-refractivity contribution in [2.24, 2.45) is 5.16 Å². The van der Waals surface area contributed by atoms with Crippen LogP contribution in [-0.2, 0) is 11.4 Å². The second-order valence-corrected chi connectivity index (χ2v) is 7.91. The van der Waals surface area contributed by atoms with Crippen LogP contribution in [0.3, 0.4) is 0 Å². The Balaban J connectivity index is 2.41. The third-order valence-electron chi connectivity index (χ3n) is 4.31. The first-order chi connectivity index (χ1) is 12.6. The standard InChI is InChI=1S/C18H15BrClF3N2O2/c1-4-25-15(13-11(22)5-8(21)6-12(13)23)9(7-10(20)17(25)26)14-16(19)18(2,3)27-24-14/h5-7,16H,4H2,1-3H3. The molecule has 0 saturated heterocycles. The van der Waals surface area contributed by atoms with Gasteiger partial charge in [-0.1, -0.05) is 32.7 Å². The number of alkyl halides is 1. The number of hydrogen-bond donors (Lipinski definition) is 0. The van der Waals surface area contributed by atoms with Crippen molar-refractivity contribution in [3.8, 4) is 11.3 Å². The van der Waals surface area contributed by atoms with Crippen molar-refractivity contribution in [1.82, 2.24) is 4.57 Å². The molecule has 3 rings (SSSR count). The molecule has 1 aliphatic heterocycles. The van der Waals surface area contributed by atoms with E-state index in [9.17, 15) is 18.0 Å². The van der Waals surface area contributed by atoms with Crippen LogP contribution in [-0.4, -0.2) is 20.7 Å². The number of oxime groups is 1. The predicted molar refractivity (Wildman–Crippen MR) is 101 cm³/mol. The van der Waals surface area contributed by atoms with Crippen LogP contribution in [0.25, 0.3) is 11.3 Å². The Labute approximate surface area is 166 Å². The summed E-state index contributed by atoms with van der Waals surface area (Å²) in [6.45, 7) is 5.27. The van der Waals surface area contributed by atoms with E-state index >= 15 is 0 Å². The Hall–Kier alpha value is -1.80. The van der Waals surface area contributed by atoms with Crippen LogP contribution in [0, 0.1) is 17.5 Å². The highest BCUT2D eigenvalue weighted by molar-refractivity contribution is 9.10. The molecule has 1 aromatic heterocycles. The molecule has 0 spiro atoms. The maximum absolute atomic E-state index is 14.6. The molecule has 144 valence electrons. The van der Waals surface area contributed by atoms with Crippen LogP contribution < -0.4 is 5.56 Å². The molecule has 1 unspecified atom stereocenters. The Morgan fingerprint density at radius 3 is 2.33 bits per heavy atom. The van der Waals surface area contributed by atoms with Gasteiger partial charge in [0.2, 0.25) is 0 Å². The molecule has 0 radical (unpaired) electrons. The number of hydrogen-bond acceptors (Lipinski definition) is 3. The molecule has 1 atom stereocenters. The van der Waals surface area contributed by atoms with Gasteiger partial charge in [0.15, 0.2) is 0 Å². The lowest BCUT2D eigenvalue weighted by Gasteiger charge is -2.22. The number of aromatic nitrogens is 1. The second kappa shape index (κ2) is 6.98. The fourth-order valence-corrected chi connectivity index (χ4v) is 3.57. The minimum atomic E-state index is -1.14. The van der Waals surface area contributed by atoms with Crippen molar-refractivity contribution in [2.75, 3.05) is 0 Å². The summed E-state index contributed by atoms with van der Waals surface area (Å²) in [4.78, 5) is 17.4. The van der Waals surface area contributed by atoms with Crippen molar-refractivity contribution in [3.05, 3.63) is 56.6 Å². The molecule has 0 bridgehead atoms. The van der Waals surface area contributed by atoms with Crippen LogP contribution in [0.5, 0.6) is 0 Å². The number of nitrogens with zero attached hydrogens (tertiary/aromatic N) is 2. The first-order valence-corrected chi connectivity index (χ1v) is 9.36. The molecule has 9 heteroatoms. The van der Waals surface area contributed by atoms with E-state index in [0.29, 0.717) is 17.8 Å². The quantitative estimate of drug-likeness (QED) is 0.609. The van der Waals surface area contributed by atoms with Crippen molar-refractivity contribution in [1.29, 1.82) is 0 Å². The Morgan fingerprint density at radius 2 is 1.85 bits per heavy atom. The SMILES string of the molecule is CCn1c(-c2c(F)cc(F)cc2F)c(C2=NOC(C)(C)C2Br)cc(Cl)c1=O. The first kappa shape index (κ1) is 19.9.